The summed E-state index contributed by atoms with van der Waals surface area (Å²) in [5, 5.41) is 7.15. The Kier molecular flexibility index (Phi) is 5.21. The van der Waals surface area contributed by atoms with Gasteiger partial charge in [-0.3, -0.25) is 4.79 Å². The van der Waals surface area contributed by atoms with Crippen LogP contribution in [0.15, 0.2) is 42.6 Å². The number of benzene rings is 2. The standard InChI is InChI=1S/C22H24N4O2/c1-14-3-4-16(21(27)25-18-6-7-18)12-19(14)15-5-8-20-17(11-15)13-24-22(26-20)23-9-10-28-2/h3-5,8,11-13,18H,6-7,9-10H2,1-2H3,(H,25,27)(H,23,24,26). The Morgan fingerprint density at radius 2 is 2.07 bits per heavy atom. The van der Waals surface area contributed by atoms with Crippen LogP contribution in [0, 0.1) is 6.92 Å². The van der Waals surface area contributed by atoms with Gasteiger partial charge in [0.25, 0.3) is 5.91 Å². The van der Waals surface area contributed by atoms with E-state index in [1.165, 1.54) is 0 Å². The van der Waals surface area contributed by atoms with Crippen LogP contribution in [-0.2, 0) is 4.74 Å². The summed E-state index contributed by atoms with van der Waals surface area (Å²) >= 11 is 0. The number of ether oxygens (including phenoxy) is 1. The fourth-order valence-corrected chi connectivity index (χ4v) is 3.12. The van der Waals surface area contributed by atoms with Gasteiger partial charge in [0.1, 0.15) is 0 Å². The summed E-state index contributed by atoms with van der Waals surface area (Å²) in [6.45, 7) is 3.32. The number of fused-ring (bicyclic) bond motifs is 1. The Balaban J connectivity index is 1.61. The Morgan fingerprint density at radius 1 is 1.21 bits per heavy atom. The number of hydrogen-bond acceptors (Lipinski definition) is 5. The third-order valence-electron chi connectivity index (χ3n) is 4.89. The first-order chi connectivity index (χ1) is 13.6. The van der Waals surface area contributed by atoms with Gasteiger partial charge in [-0.1, -0.05) is 12.1 Å². The maximum absolute atomic E-state index is 12.4. The predicted molar refractivity (Wildman–Crippen MR) is 111 cm³/mol. The smallest absolute Gasteiger partial charge is 0.251 e. The maximum Gasteiger partial charge on any atom is 0.251 e. The number of aromatic nitrogens is 2. The number of hydrogen-bond donors (Lipinski definition) is 2. The summed E-state index contributed by atoms with van der Waals surface area (Å²) in [4.78, 5) is 21.3. The molecule has 0 saturated heterocycles. The van der Waals surface area contributed by atoms with Crippen LogP contribution >= 0.6 is 0 Å². The summed E-state index contributed by atoms with van der Waals surface area (Å²) in [6.07, 6.45) is 3.98. The third kappa shape index (κ3) is 4.12. The van der Waals surface area contributed by atoms with Crippen LogP contribution in [0.5, 0.6) is 0 Å². The predicted octanol–water partition coefficient (Wildman–Crippen LogP) is 3.56. The molecule has 1 saturated carbocycles. The number of aryl methyl sites for hydroxylation is 1. The zero-order valence-corrected chi connectivity index (χ0v) is 16.2. The van der Waals surface area contributed by atoms with Crippen LogP contribution in [0.2, 0.25) is 0 Å². The maximum atomic E-state index is 12.4. The van der Waals surface area contributed by atoms with Crippen molar-refractivity contribution in [2.24, 2.45) is 0 Å². The van der Waals surface area contributed by atoms with Crippen molar-refractivity contribution in [3.63, 3.8) is 0 Å². The highest BCUT2D eigenvalue weighted by molar-refractivity contribution is 5.96. The normalized spacial score (nSPS) is 13.5. The number of anilines is 1. The van der Waals surface area contributed by atoms with Gasteiger partial charge in [-0.2, -0.15) is 0 Å². The van der Waals surface area contributed by atoms with E-state index in [1.807, 2.05) is 36.5 Å². The Bertz CT molecular complexity index is 1010. The number of nitrogens with one attached hydrogen (secondary N) is 2. The van der Waals surface area contributed by atoms with Crippen LogP contribution in [0.4, 0.5) is 5.95 Å². The van der Waals surface area contributed by atoms with Crippen LogP contribution < -0.4 is 10.6 Å². The first kappa shape index (κ1) is 18.4. The molecule has 1 aliphatic carbocycles. The summed E-state index contributed by atoms with van der Waals surface area (Å²) in [5.41, 5.74) is 4.80. The van der Waals surface area contributed by atoms with Gasteiger partial charge < -0.3 is 15.4 Å². The van der Waals surface area contributed by atoms with E-state index < -0.39 is 0 Å². The highest BCUT2D eigenvalue weighted by atomic mass is 16.5. The van der Waals surface area contributed by atoms with Gasteiger partial charge in [-0.15, -0.1) is 0 Å². The Morgan fingerprint density at radius 3 is 2.86 bits per heavy atom. The molecule has 0 bridgehead atoms. The van der Waals surface area contributed by atoms with Crippen LogP contribution in [0.25, 0.3) is 22.0 Å². The van der Waals surface area contributed by atoms with Crippen molar-refractivity contribution in [1.29, 1.82) is 0 Å². The van der Waals surface area contributed by atoms with Gasteiger partial charge in [0, 0.05) is 36.8 Å². The number of methoxy groups -OCH3 is 1. The molecule has 1 aliphatic rings. The van der Waals surface area contributed by atoms with Gasteiger partial charge in [0.2, 0.25) is 5.95 Å². The third-order valence-corrected chi connectivity index (χ3v) is 4.89. The Hall–Kier alpha value is -2.99. The lowest BCUT2D eigenvalue weighted by Crippen LogP contribution is -2.25. The van der Waals surface area contributed by atoms with Gasteiger partial charge in [0.05, 0.1) is 12.1 Å². The van der Waals surface area contributed by atoms with E-state index in [0.717, 1.165) is 40.4 Å². The molecule has 0 atom stereocenters. The molecule has 2 N–H and O–H groups in total. The highest BCUT2D eigenvalue weighted by Gasteiger charge is 2.24. The second kappa shape index (κ2) is 7.94. The molecule has 0 aliphatic heterocycles. The summed E-state index contributed by atoms with van der Waals surface area (Å²) in [7, 11) is 1.66. The molecule has 2 aromatic carbocycles. The minimum absolute atomic E-state index is 0.000326. The minimum Gasteiger partial charge on any atom is -0.383 e. The SMILES string of the molecule is COCCNc1ncc2cc(-c3cc(C(=O)NC4CC4)ccc3C)ccc2n1. The number of amides is 1. The summed E-state index contributed by atoms with van der Waals surface area (Å²) < 4.78 is 5.03. The van der Waals surface area contributed by atoms with Crippen LogP contribution in [0.1, 0.15) is 28.8 Å². The lowest BCUT2D eigenvalue weighted by Gasteiger charge is -2.11. The summed E-state index contributed by atoms with van der Waals surface area (Å²) in [5.74, 6) is 0.590. The van der Waals surface area contributed by atoms with E-state index in [4.69, 9.17) is 4.74 Å². The van der Waals surface area contributed by atoms with Gasteiger partial charge >= 0.3 is 0 Å². The number of carbonyl (C=O) groups is 1. The molecule has 144 valence electrons. The zero-order valence-electron chi connectivity index (χ0n) is 16.2. The molecule has 6 heteroatoms. The molecule has 28 heavy (non-hydrogen) atoms. The van der Waals surface area contributed by atoms with Crippen molar-refractivity contribution < 1.29 is 9.53 Å². The summed E-state index contributed by atoms with van der Waals surface area (Å²) in [6, 6.07) is 12.3. The molecular weight excluding hydrogens is 352 g/mol. The van der Waals surface area contributed by atoms with Crippen molar-refractivity contribution in [3.8, 4) is 11.1 Å². The van der Waals surface area contributed by atoms with E-state index in [9.17, 15) is 4.79 Å². The first-order valence-corrected chi connectivity index (χ1v) is 9.55. The molecule has 1 amide bonds. The number of nitrogens with zero attached hydrogens (tertiary/aromatic N) is 2. The molecule has 0 spiro atoms. The monoisotopic (exact) mass is 376 g/mol. The van der Waals surface area contributed by atoms with E-state index in [0.29, 0.717) is 30.7 Å². The molecule has 3 aromatic rings. The zero-order chi connectivity index (χ0) is 19.5. The fourth-order valence-electron chi connectivity index (χ4n) is 3.12. The van der Waals surface area contributed by atoms with Crippen molar-refractivity contribution >= 4 is 22.8 Å². The van der Waals surface area contributed by atoms with E-state index in [2.05, 4.69) is 33.6 Å². The van der Waals surface area contributed by atoms with Crippen LogP contribution in [0.3, 0.4) is 0 Å². The molecule has 6 nitrogen and oxygen atoms in total. The first-order valence-electron chi connectivity index (χ1n) is 9.55. The lowest BCUT2D eigenvalue weighted by molar-refractivity contribution is 0.0951. The van der Waals surface area contributed by atoms with E-state index in [1.54, 1.807) is 7.11 Å². The highest BCUT2D eigenvalue weighted by Crippen LogP contribution is 2.28. The van der Waals surface area contributed by atoms with Crippen LogP contribution in [-0.4, -0.2) is 42.2 Å². The topological polar surface area (TPSA) is 76.1 Å². The quantitative estimate of drug-likeness (QED) is 0.617. The fraction of sp³-hybridized carbons (Fsp3) is 0.318. The van der Waals surface area contributed by atoms with Crippen molar-refractivity contribution in [2.75, 3.05) is 25.6 Å². The van der Waals surface area contributed by atoms with Crippen molar-refractivity contribution in [3.05, 3.63) is 53.7 Å². The van der Waals surface area contributed by atoms with Crippen molar-refractivity contribution in [1.82, 2.24) is 15.3 Å². The van der Waals surface area contributed by atoms with E-state index >= 15 is 0 Å². The molecule has 1 aromatic heterocycles. The van der Waals surface area contributed by atoms with Gasteiger partial charge in [-0.25, -0.2) is 9.97 Å². The van der Waals surface area contributed by atoms with Crippen molar-refractivity contribution in [2.45, 2.75) is 25.8 Å². The molecular formula is C22H24N4O2. The molecule has 4 rings (SSSR count). The lowest BCUT2D eigenvalue weighted by atomic mass is 9.97. The second-order valence-electron chi connectivity index (χ2n) is 7.16. The largest absolute Gasteiger partial charge is 0.383 e. The average molecular weight is 376 g/mol. The average Bonchev–Trinajstić information content (AvgIpc) is 3.52. The molecule has 1 fully saturated rings. The van der Waals surface area contributed by atoms with E-state index in [-0.39, 0.29) is 5.91 Å². The number of rotatable bonds is 7. The number of carbonyl (C=O) groups excluding carboxylic acids is 1. The molecule has 1 heterocycles. The second-order valence-corrected chi connectivity index (χ2v) is 7.16. The molecule has 0 unspecified atom stereocenters. The molecule has 0 radical (unpaired) electrons. The van der Waals surface area contributed by atoms with Gasteiger partial charge in [-0.05, 0) is 60.7 Å². The van der Waals surface area contributed by atoms with Gasteiger partial charge in [0.15, 0.2) is 0 Å². The Labute approximate surface area is 164 Å². The minimum atomic E-state index is -0.000326.